The summed E-state index contributed by atoms with van der Waals surface area (Å²) < 4.78 is 19.0. The topological polar surface area (TPSA) is 32.8 Å². The van der Waals surface area contributed by atoms with E-state index in [4.69, 9.17) is 16.3 Å². The molecule has 28 heavy (non-hydrogen) atoms. The number of carbonyl (C=O) groups excluding carboxylic acids is 1. The lowest BCUT2D eigenvalue weighted by Gasteiger charge is -2.42. The maximum Gasteiger partial charge on any atom is 0.266 e. The lowest BCUT2D eigenvalue weighted by molar-refractivity contribution is -0.150. The van der Waals surface area contributed by atoms with E-state index in [1.54, 1.807) is 50.2 Å². The van der Waals surface area contributed by atoms with Crippen molar-refractivity contribution in [2.45, 2.75) is 39.0 Å². The van der Waals surface area contributed by atoms with Gasteiger partial charge in [-0.15, -0.1) is 0 Å². The standard InChI is InChI=1S/C22H26ClFN2O2/c1-16-14-25(15-17-4-8-19(24)9-5-17)12-13-26(16)21(27)22(2,3)28-20-10-6-18(23)7-11-20/h4-11,16H,12-15H2,1-3H3. The highest BCUT2D eigenvalue weighted by molar-refractivity contribution is 6.30. The monoisotopic (exact) mass is 404 g/mol. The Morgan fingerprint density at radius 2 is 1.79 bits per heavy atom. The summed E-state index contributed by atoms with van der Waals surface area (Å²) in [7, 11) is 0. The second-order valence-electron chi connectivity index (χ2n) is 7.78. The zero-order chi connectivity index (χ0) is 20.3. The minimum absolute atomic E-state index is 0.0311. The molecule has 1 amide bonds. The molecule has 0 saturated carbocycles. The van der Waals surface area contributed by atoms with Crippen molar-refractivity contribution < 1.29 is 13.9 Å². The number of ether oxygens (including phenoxy) is 1. The number of rotatable bonds is 5. The van der Waals surface area contributed by atoms with Crippen LogP contribution in [0.2, 0.25) is 5.02 Å². The van der Waals surface area contributed by atoms with Gasteiger partial charge in [0.25, 0.3) is 5.91 Å². The molecule has 1 atom stereocenters. The van der Waals surface area contributed by atoms with Crippen LogP contribution in [-0.2, 0) is 11.3 Å². The molecule has 4 nitrogen and oxygen atoms in total. The smallest absolute Gasteiger partial charge is 0.266 e. The normalized spacial score (nSPS) is 18.2. The number of benzene rings is 2. The van der Waals surface area contributed by atoms with Gasteiger partial charge < -0.3 is 9.64 Å². The summed E-state index contributed by atoms with van der Waals surface area (Å²) in [5.41, 5.74) is 0.0982. The molecule has 1 aliphatic heterocycles. The Kier molecular flexibility index (Phi) is 6.26. The van der Waals surface area contributed by atoms with Crippen LogP contribution in [-0.4, -0.2) is 47.0 Å². The molecule has 0 aliphatic carbocycles. The molecule has 3 rings (SSSR count). The summed E-state index contributed by atoms with van der Waals surface area (Å²) >= 11 is 5.91. The molecule has 6 heteroatoms. The molecule has 0 spiro atoms. The molecular weight excluding hydrogens is 379 g/mol. The summed E-state index contributed by atoms with van der Waals surface area (Å²) in [6, 6.07) is 13.7. The summed E-state index contributed by atoms with van der Waals surface area (Å²) in [6.07, 6.45) is 0. The second kappa shape index (κ2) is 8.50. The van der Waals surface area contributed by atoms with Crippen LogP contribution in [0.3, 0.4) is 0 Å². The van der Waals surface area contributed by atoms with Crippen molar-refractivity contribution in [3.05, 3.63) is 64.9 Å². The molecule has 0 bridgehead atoms. The zero-order valence-electron chi connectivity index (χ0n) is 16.5. The predicted octanol–water partition coefficient (Wildman–Crippen LogP) is 4.37. The van der Waals surface area contributed by atoms with Crippen molar-refractivity contribution in [2.24, 2.45) is 0 Å². The molecule has 2 aromatic rings. The van der Waals surface area contributed by atoms with E-state index >= 15 is 0 Å². The van der Waals surface area contributed by atoms with Crippen molar-refractivity contribution >= 4 is 17.5 Å². The maximum atomic E-state index is 13.1. The maximum absolute atomic E-state index is 13.1. The van der Waals surface area contributed by atoms with E-state index in [1.165, 1.54) is 12.1 Å². The Morgan fingerprint density at radius 3 is 2.39 bits per heavy atom. The van der Waals surface area contributed by atoms with Crippen LogP contribution in [0.1, 0.15) is 26.3 Å². The molecule has 1 unspecified atom stereocenters. The Balaban J connectivity index is 1.60. The molecule has 150 valence electrons. The number of amides is 1. The molecule has 1 fully saturated rings. The molecule has 1 heterocycles. The van der Waals surface area contributed by atoms with Gasteiger partial charge >= 0.3 is 0 Å². The van der Waals surface area contributed by atoms with Gasteiger partial charge in [0.05, 0.1) is 0 Å². The summed E-state index contributed by atoms with van der Waals surface area (Å²) in [6.45, 7) is 8.55. The highest BCUT2D eigenvalue weighted by Crippen LogP contribution is 2.24. The van der Waals surface area contributed by atoms with Gasteiger partial charge in [-0.25, -0.2) is 4.39 Å². The number of halogens is 2. The van der Waals surface area contributed by atoms with E-state index in [1.807, 2.05) is 11.8 Å². The Morgan fingerprint density at radius 1 is 1.14 bits per heavy atom. The SMILES string of the molecule is CC1CN(Cc2ccc(F)cc2)CCN1C(=O)C(C)(C)Oc1ccc(Cl)cc1. The molecule has 0 radical (unpaired) electrons. The van der Waals surface area contributed by atoms with E-state index in [-0.39, 0.29) is 17.8 Å². The van der Waals surface area contributed by atoms with Crippen LogP contribution >= 0.6 is 11.6 Å². The Bertz CT molecular complexity index is 808. The first-order chi connectivity index (χ1) is 13.2. The fourth-order valence-electron chi connectivity index (χ4n) is 3.51. The van der Waals surface area contributed by atoms with E-state index in [0.717, 1.165) is 25.2 Å². The van der Waals surface area contributed by atoms with E-state index < -0.39 is 5.60 Å². The average Bonchev–Trinajstić information content (AvgIpc) is 2.65. The van der Waals surface area contributed by atoms with Gasteiger partial charge in [-0.2, -0.15) is 0 Å². The van der Waals surface area contributed by atoms with Crippen LogP contribution in [0.4, 0.5) is 4.39 Å². The minimum Gasteiger partial charge on any atom is -0.478 e. The van der Waals surface area contributed by atoms with Crippen molar-refractivity contribution in [1.29, 1.82) is 0 Å². The minimum atomic E-state index is -0.971. The number of nitrogens with zero attached hydrogens (tertiary/aromatic N) is 2. The van der Waals surface area contributed by atoms with Gasteiger partial charge in [-0.1, -0.05) is 23.7 Å². The van der Waals surface area contributed by atoms with E-state index in [9.17, 15) is 9.18 Å². The van der Waals surface area contributed by atoms with Gasteiger partial charge in [-0.3, -0.25) is 9.69 Å². The Hall–Kier alpha value is -2.11. The third-order valence-electron chi connectivity index (χ3n) is 4.99. The zero-order valence-corrected chi connectivity index (χ0v) is 17.2. The molecule has 2 aromatic carbocycles. The predicted molar refractivity (Wildman–Crippen MR) is 109 cm³/mol. The number of hydrogen-bond donors (Lipinski definition) is 0. The van der Waals surface area contributed by atoms with Crippen LogP contribution < -0.4 is 4.74 Å². The first kappa shape index (κ1) is 20.6. The van der Waals surface area contributed by atoms with Gasteiger partial charge in [0, 0.05) is 37.2 Å². The van der Waals surface area contributed by atoms with Crippen molar-refractivity contribution in [1.82, 2.24) is 9.80 Å². The van der Waals surface area contributed by atoms with Crippen LogP contribution in [0, 0.1) is 5.82 Å². The molecular formula is C22H26ClFN2O2. The van der Waals surface area contributed by atoms with Crippen LogP contribution in [0.5, 0.6) is 5.75 Å². The first-order valence-electron chi connectivity index (χ1n) is 9.47. The van der Waals surface area contributed by atoms with E-state index in [2.05, 4.69) is 4.90 Å². The van der Waals surface area contributed by atoms with Crippen molar-refractivity contribution in [2.75, 3.05) is 19.6 Å². The number of carbonyl (C=O) groups is 1. The van der Waals surface area contributed by atoms with Crippen LogP contribution in [0.25, 0.3) is 0 Å². The number of hydrogen-bond acceptors (Lipinski definition) is 3. The average molecular weight is 405 g/mol. The molecule has 0 N–H and O–H groups in total. The quantitative estimate of drug-likeness (QED) is 0.741. The lowest BCUT2D eigenvalue weighted by atomic mass is 10.0. The Labute approximate surface area is 170 Å². The number of piperazine rings is 1. The molecule has 1 saturated heterocycles. The van der Waals surface area contributed by atoms with Crippen molar-refractivity contribution in [3.63, 3.8) is 0 Å². The van der Waals surface area contributed by atoms with Gasteiger partial charge in [0.1, 0.15) is 11.6 Å². The second-order valence-corrected chi connectivity index (χ2v) is 8.21. The summed E-state index contributed by atoms with van der Waals surface area (Å²) in [5.74, 6) is 0.359. The first-order valence-corrected chi connectivity index (χ1v) is 9.85. The van der Waals surface area contributed by atoms with Crippen molar-refractivity contribution in [3.8, 4) is 5.75 Å². The highest BCUT2D eigenvalue weighted by Gasteiger charge is 2.38. The largest absolute Gasteiger partial charge is 0.478 e. The van der Waals surface area contributed by atoms with Gasteiger partial charge in [-0.05, 0) is 62.7 Å². The molecule has 1 aliphatic rings. The van der Waals surface area contributed by atoms with E-state index in [0.29, 0.717) is 17.3 Å². The third-order valence-corrected chi connectivity index (χ3v) is 5.25. The highest BCUT2D eigenvalue weighted by atomic mass is 35.5. The van der Waals surface area contributed by atoms with Crippen LogP contribution in [0.15, 0.2) is 48.5 Å². The fraction of sp³-hybridized carbons (Fsp3) is 0.409. The third kappa shape index (κ3) is 5.03. The fourth-order valence-corrected chi connectivity index (χ4v) is 3.64. The van der Waals surface area contributed by atoms with Gasteiger partial charge in [0.15, 0.2) is 5.60 Å². The summed E-state index contributed by atoms with van der Waals surface area (Å²) in [4.78, 5) is 17.3. The lowest BCUT2D eigenvalue weighted by Crippen LogP contribution is -2.59. The van der Waals surface area contributed by atoms with Gasteiger partial charge in [0.2, 0.25) is 0 Å². The molecule has 0 aromatic heterocycles. The summed E-state index contributed by atoms with van der Waals surface area (Å²) in [5, 5.41) is 0.627.